The zero-order valence-corrected chi connectivity index (χ0v) is 7.95. The van der Waals surface area contributed by atoms with Crippen LogP contribution in [0.25, 0.3) is 10.1 Å². The topological polar surface area (TPSA) is 17.1 Å². The van der Waals surface area contributed by atoms with Gasteiger partial charge in [-0.2, -0.15) is 0 Å². The maximum atomic E-state index is 13.5. The predicted octanol–water partition coefficient (Wildman–Crippen LogP) is 3.51. The van der Waals surface area contributed by atoms with Crippen LogP contribution in [-0.2, 0) is 0 Å². The highest BCUT2D eigenvalue weighted by atomic mass is 35.5. The van der Waals surface area contributed by atoms with Gasteiger partial charge >= 0.3 is 0 Å². The Labute approximate surface area is 82.7 Å². The Bertz CT molecular complexity index is 478. The van der Waals surface area contributed by atoms with Gasteiger partial charge in [-0.05, 0) is 12.1 Å². The van der Waals surface area contributed by atoms with Crippen LogP contribution < -0.4 is 0 Å². The van der Waals surface area contributed by atoms with Crippen molar-refractivity contribution in [3.63, 3.8) is 0 Å². The summed E-state index contributed by atoms with van der Waals surface area (Å²) < 4.78 is 14.2. The Kier molecular flexibility index (Phi) is 2.06. The fourth-order valence-corrected chi connectivity index (χ4v) is 2.35. The molecule has 0 spiro atoms. The minimum absolute atomic E-state index is 0.0489. The summed E-state index contributed by atoms with van der Waals surface area (Å²) >= 11 is 7.12. The fraction of sp³-hybridized carbons (Fsp3) is 0. The second-order valence-electron chi connectivity index (χ2n) is 2.54. The molecule has 0 saturated heterocycles. The van der Waals surface area contributed by atoms with E-state index in [0.717, 1.165) is 4.70 Å². The van der Waals surface area contributed by atoms with E-state index in [1.165, 1.54) is 17.4 Å². The smallest absolute Gasteiger partial charge is 0.153 e. The number of hydrogen-bond donors (Lipinski definition) is 0. The predicted molar refractivity (Wildman–Crippen MR) is 52.2 cm³/mol. The van der Waals surface area contributed by atoms with Crippen LogP contribution >= 0.6 is 22.9 Å². The largest absolute Gasteiger partial charge is 0.298 e. The molecule has 1 aromatic heterocycles. The maximum absolute atomic E-state index is 13.5. The van der Waals surface area contributed by atoms with Gasteiger partial charge in [0.25, 0.3) is 0 Å². The first kappa shape index (κ1) is 8.66. The van der Waals surface area contributed by atoms with Crippen LogP contribution in [0, 0.1) is 5.82 Å². The second kappa shape index (κ2) is 3.09. The van der Waals surface area contributed by atoms with Gasteiger partial charge in [-0.15, -0.1) is 11.3 Å². The molecule has 1 heterocycles. The Balaban J connectivity index is 2.91. The van der Waals surface area contributed by atoms with E-state index in [0.29, 0.717) is 16.7 Å². The monoisotopic (exact) mass is 214 g/mol. The molecule has 4 heteroatoms. The average molecular weight is 215 g/mol. The molecule has 0 fully saturated rings. The van der Waals surface area contributed by atoms with Crippen molar-refractivity contribution in [3.8, 4) is 0 Å². The van der Waals surface area contributed by atoms with Crippen LogP contribution in [0.2, 0.25) is 5.02 Å². The number of carbonyl (C=O) groups excluding carboxylic acids is 1. The molecular weight excluding hydrogens is 211 g/mol. The van der Waals surface area contributed by atoms with Crippen LogP contribution in [0.3, 0.4) is 0 Å². The van der Waals surface area contributed by atoms with Gasteiger partial charge in [-0.1, -0.05) is 11.6 Å². The van der Waals surface area contributed by atoms with E-state index in [1.807, 2.05) is 0 Å². The number of hydrogen-bond acceptors (Lipinski definition) is 2. The number of benzene rings is 1. The summed E-state index contributed by atoms with van der Waals surface area (Å²) in [5.74, 6) is -0.529. The summed E-state index contributed by atoms with van der Waals surface area (Å²) in [5.41, 5.74) is 0.0489. The van der Waals surface area contributed by atoms with Crippen molar-refractivity contribution in [1.29, 1.82) is 0 Å². The van der Waals surface area contributed by atoms with Gasteiger partial charge in [0.15, 0.2) is 6.29 Å². The molecule has 0 unspecified atom stereocenters. The molecule has 0 radical (unpaired) electrons. The van der Waals surface area contributed by atoms with Gasteiger partial charge in [0.2, 0.25) is 0 Å². The van der Waals surface area contributed by atoms with Gasteiger partial charge in [0.05, 0.1) is 10.6 Å². The molecule has 0 bridgehead atoms. The molecule has 0 N–H and O–H groups in total. The van der Waals surface area contributed by atoms with Crippen molar-refractivity contribution in [3.05, 3.63) is 33.9 Å². The third-order valence-corrected chi connectivity index (χ3v) is 3.16. The lowest BCUT2D eigenvalue weighted by molar-refractivity contribution is 0.112. The molecule has 1 nitrogen and oxygen atoms in total. The van der Waals surface area contributed by atoms with Crippen molar-refractivity contribution >= 4 is 39.3 Å². The lowest BCUT2D eigenvalue weighted by atomic mass is 10.2. The first-order valence-electron chi connectivity index (χ1n) is 3.54. The van der Waals surface area contributed by atoms with Crippen molar-refractivity contribution < 1.29 is 9.18 Å². The summed E-state index contributed by atoms with van der Waals surface area (Å²) in [5, 5.41) is 2.36. The maximum Gasteiger partial charge on any atom is 0.153 e. The van der Waals surface area contributed by atoms with Crippen LogP contribution in [0.5, 0.6) is 0 Å². The van der Waals surface area contributed by atoms with E-state index in [1.54, 1.807) is 11.4 Å². The molecule has 1 aromatic carbocycles. The van der Waals surface area contributed by atoms with E-state index < -0.39 is 5.82 Å². The first-order chi connectivity index (χ1) is 6.24. The van der Waals surface area contributed by atoms with Crippen molar-refractivity contribution in [1.82, 2.24) is 0 Å². The lowest BCUT2D eigenvalue weighted by Crippen LogP contribution is -1.86. The van der Waals surface area contributed by atoms with E-state index >= 15 is 0 Å². The molecule has 2 aromatic rings. The standard InChI is InChI=1S/C9H4ClFOS/c10-6-4-13-7-2-1-5(3-12)9(11)8(6)7/h1-4H. The summed E-state index contributed by atoms with van der Waals surface area (Å²) in [6.07, 6.45) is 0.489. The highest BCUT2D eigenvalue weighted by molar-refractivity contribution is 7.17. The number of carbonyl (C=O) groups is 1. The van der Waals surface area contributed by atoms with E-state index in [-0.39, 0.29) is 5.56 Å². The number of aldehydes is 1. The van der Waals surface area contributed by atoms with Crippen LogP contribution in [-0.4, -0.2) is 6.29 Å². The Morgan fingerprint density at radius 2 is 2.23 bits per heavy atom. The van der Waals surface area contributed by atoms with E-state index in [9.17, 15) is 9.18 Å². The van der Waals surface area contributed by atoms with Gasteiger partial charge in [0, 0.05) is 15.5 Å². The molecule has 0 aliphatic carbocycles. The molecular formula is C9H4ClFOS. The molecule has 66 valence electrons. The normalized spacial score (nSPS) is 10.6. The highest BCUT2D eigenvalue weighted by Crippen LogP contribution is 2.32. The fourth-order valence-electron chi connectivity index (χ4n) is 1.16. The van der Waals surface area contributed by atoms with Crippen molar-refractivity contribution in [2.45, 2.75) is 0 Å². The van der Waals surface area contributed by atoms with Crippen molar-refractivity contribution in [2.75, 3.05) is 0 Å². The summed E-state index contributed by atoms with van der Waals surface area (Å²) in [7, 11) is 0. The van der Waals surface area contributed by atoms with Gasteiger partial charge in [-0.3, -0.25) is 4.79 Å². The zero-order valence-electron chi connectivity index (χ0n) is 6.38. The molecule has 2 rings (SSSR count). The van der Waals surface area contributed by atoms with Gasteiger partial charge < -0.3 is 0 Å². The average Bonchev–Trinajstić information content (AvgIpc) is 2.49. The summed E-state index contributed by atoms with van der Waals surface area (Å²) in [6.45, 7) is 0. The third-order valence-electron chi connectivity index (χ3n) is 1.79. The van der Waals surface area contributed by atoms with Crippen LogP contribution in [0.4, 0.5) is 4.39 Å². The Hall–Kier alpha value is -0.930. The Morgan fingerprint density at radius 3 is 2.92 bits per heavy atom. The lowest BCUT2D eigenvalue weighted by Gasteiger charge is -1.96. The van der Waals surface area contributed by atoms with E-state index in [4.69, 9.17) is 11.6 Å². The van der Waals surface area contributed by atoms with E-state index in [2.05, 4.69) is 0 Å². The number of fused-ring (bicyclic) bond motifs is 1. The van der Waals surface area contributed by atoms with Gasteiger partial charge in [-0.25, -0.2) is 4.39 Å². The SMILES string of the molecule is O=Cc1ccc2scc(Cl)c2c1F. The van der Waals surface area contributed by atoms with Crippen LogP contribution in [0.15, 0.2) is 17.5 Å². The quantitative estimate of drug-likeness (QED) is 0.664. The summed E-state index contributed by atoms with van der Waals surface area (Å²) in [4.78, 5) is 10.4. The number of rotatable bonds is 1. The molecule has 0 aliphatic rings. The molecule has 0 aliphatic heterocycles. The number of thiophene rings is 1. The molecule has 0 amide bonds. The first-order valence-corrected chi connectivity index (χ1v) is 4.80. The van der Waals surface area contributed by atoms with Crippen LogP contribution in [0.1, 0.15) is 10.4 Å². The van der Waals surface area contributed by atoms with Gasteiger partial charge in [0.1, 0.15) is 5.82 Å². The molecule has 13 heavy (non-hydrogen) atoms. The zero-order chi connectivity index (χ0) is 9.42. The minimum Gasteiger partial charge on any atom is -0.298 e. The third kappa shape index (κ3) is 1.24. The molecule has 0 atom stereocenters. The minimum atomic E-state index is -0.529. The summed E-state index contributed by atoms with van der Waals surface area (Å²) in [6, 6.07) is 3.15. The van der Waals surface area contributed by atoms with Crippen molar-refractivity contribution in [2.24, 2.45) is 0 Å². The highest BCUT2D eigenvalue weighted by Gasteiger charge is 2.10. The second-order valence-corrected chi connectivity index (χ2v) is 3.86. The molecule has 0 saturated carbocycles. The Morgan fingerprint density at radius 1 is 1.46 bits per heavy atom. The number of halogens is 2.